The van der Waals surface area contributed by atoms with E-state index in [1.807, 2.05) is 13.0 Å². The van der Waals surface area contributed by atoms with Gasteiger partial charge in [-0.05, 0) is 90.0 Å². The van der Waals surface area contributed by atoms with E-state index in [0.717, 1.165) is 44.4 Å². The molecule has 29 heavy (non-hydrogen) atoms. The summed E-state index contributed by atoms with van der Waals surface area (Å²) >= 11 is 6.11. The van der Waals surface area contributed by atoms with E-state index < -0.39 is 0 Å². The van der Waals surface area contributed by atoms with Crippen molar-refractivity contribution in [1.29, 1.82) is 0 Å². The molecule has 4 heteroatoms. The van der Waals surface area contributed by atoms with E-state index in [4.69, 9.17) is 16.3 Å². The van der Waals surface area contributed by atoms with Gasteiger partial charge in [0, 0.05) is 11.9 Å². The molecule has 1 N–H and O–H groups in total. The van der Waals surface area contributed by atoms with E-state index >= 15 is 0 Å². The minimum atomic E-state index is -0.0924. The number of halogens is 1. The van der Waals surface area contributed by atoms with Crippen LogP contribution < -0.4 is 5.32 Å². The first-order chi connectivity index (χ1) is 13.8. The van der Waals surface area contributed by atoms with Gasteiger partial charge in [0.15, 0.2) is 0 Å². The fourth-order valence-electron chi connectivity index (χ4n) is 4.54. The number of ether oxygens (including phenoxy) is 1. The Morgan fingerprint density at radius 3 is 2.55 bits per heavy atom. The Kier molecular flexibility index (Phi) is 9.98. The number of rotatable bonds is 8. The predicted octanol–water partition coefficient (Wildman–Crippen LogP) is 6.33. The smallest absolute Gasteiger partial charge is 0.243 e. The van der Waals surface area contributed by atoms with Crippen LogP contribution in [0.25, 0.3) is 0 Å². The van der Waals surface area contributed by atoms with E-state index in [0.29, 0.717) is 17.8 Å². The number of carbonyl (C=O) groups excluding carboxylic acids is 1. The number of allylic oxidation sites excluding steroid dienone is 4. The second-order valence-electron chi connectivity index (χ2n) is 9.46. The van der Waals surface area contributed by atoms with Crippen LogP contribution in [0, 0.1) is 11.8 Å². The van der Waals surface area contributed by atoms with Crippen LogP contribution in [0.4, 0.5) is 0 Å². The summed E-state index contributed by atoms with van der Waals surface area (Å²) in [6.45, 7) is 8.54. The van der Waals surface area contributed by atoms with E-state index in [9.17, 15) is 4.79 Å². The maximum atomic E-state index is 11.8. The quantitative estimate of drug-likeness (QED) is 0.282. The average molecular weight is 422 g/mol. The van der Waals surface area contributed by atoms with Crippen LogP contribution in [-0.2, 0) is 9.53 Å². The normalized spacial score (nSPS) is 30.7. The molecule has 0 bridgehead atoms. The van der Waals surface area contributed by atoms with Gasteiger partial charge >= 0.3 is 0 Å². The summed E-state index contributed by atoms with van der Waals surface area (Å²) in [5.74, 6) is 2.03. The van der Waals surface area contributed by atoms with Crippen molar-refractivity contribution in [2.24, 2.45) is 11.8 Å². The van der Waals surface area contributed by atoms with Gasteiger partial charge < -0.3 is 10.1 Å². The van der Waals surface area contributed by atoms with Gasteiger partial charge in [-0.15, -0.1) is 11.6 Å². The third-order valence-corrected chi connectivity index (χ3v) is 6.52. The number of alkyl halides is 1. The first kappa shape index (κ1) is 24.2. The lowest BCUT2D eigenvalue weighted by Crippen LogP contribution is -2.39. The van der Waals surface area contributed by atoms with Gasteiger partial charge in [-0.1, -0.05) is 36.8 Å². The molecule has 2 fully saturated rings. The van der Waals surface area contributed by atoms with Crippen LogP contribution in [-0.4, -0.2) is 29.5 Å². The third kappa shape index (κ3) is 9.09. The Bertz CT molecular complexity index is 600. The molecule has 0 aromatic heterocycles. The molecule has 0 aromatic rings. The van der Waals surface area contributed by atoms with Crippen LogP contribution in [0.1, 0.15) is 79.1 Å². The summed E-state index contributed by atoms with van der Waals surface area (Å²) < 4.78 is 6.21. The Hall–Kier alpha value is -1.06. The Labute approximate surface area is 183 Å². The summed E-state index contributed by atoms with van der Waals surface area (Å²) in [6, 6.07) is 0.340. The van der Waals surface area contributed by atoms with Crippen LogP contribution in [0.15, 0.2) is 36.0 Å². The summed E-state index contributed by atoms with van der Waals surface area (Å²) in [5.41, 5.74) is 1.21. The SMILES string of the molecule is CC/C=C\C(=O)NC1CCC(C/C=C(C)/C=C/C2CC(CCl)CC(C)(C)O2)CC1. The van der Waals surface area contributed by atoms with E-state index in [-0.39, 0.29) is 17.6 Å². The summed E-state index contributed by atoms with van der Waals surface area (Å²) in [4.78, 5) is 11.8. The van der Waals surface area contributed by atoms with Crippen molar-refractivity contribution < 1.29 is 9.53 Å². The molecule has 0 radical (unpaired) electrons. The monoisotopic (exact) mass is 421 g/mol. The van der Waals surface area contributed by atoms with Gasteiger partial charge in [-0.2, -0.15) is 0 Å². The van der Waals surface area contributed by atoms with Crippen molar-refractivity contribution in [3.63, 3.8) is 0 Å². The van der Waals surface area contributed by atoms with Crippen LogP contribution in [0.2, 0.25) is 0 Å². The molecule has 2 rings (SSSR count). The summed E-state index contributed by atoms with van der Waals surface area (Å²) in [6.07, 6.45) is 19.1. The van der Waals surface area contributed by atoms with E-state index in [1.54, 1.807) is 6.08 Å². The molecule has 2 aliphatic rings. The zero-order valence-corrected chi connectivity index (χ0v) is 19.5. The van der Waals surface area contributed by atoms with Crippen LogP contribution in [0.5, 0.6) is 0 Å². The topological polar surface area (TPSA) is 38.3 Å². The van der Waals surface area contributed by atoms with Gasteiger partial charge in [0.25, 0.3) is 0 Å². The maximum Gasteiger partial charge on any atom is 0.243 e. The Morgan fingerprint density at radius 1 is 1.17 bits per heavy atom. The van der Waals surface area contributed by atoms with Crippen molar-refractivity contribution in [2.75, 3.05) is 5.88 Å². The first-order valence-electron chi connectivity index (χ1n) is 11.4. The molecule has 2 atom stereocenters. The second kappa shape index (κ2) is 12.0. The summed E-state index contributed by atoms with van der Waals surface area (Å²) in [7, 11) is 0. The fraction of sp³-hybridized carbons (Fsp3) is 0.720. The molecule has 1 saturated heterocycles. The van der Waals surface area contributed by atoms with E-state index in [2.05, 4.69) is 44.3 Å². The first-order valence-corrected chi connectivity index (χ1v) is 11.9. The number of hydrogen-bond acceptors (Lipinski definition) is 2. The average Bonchev–Trinajstić information content (AvgIpc) is 2.69. The minimum Gasteiger partial charge on any atom is -0.368 e. The number of amides is 1. The molecule has 1 saturated carbocycles. The molecule has 2 unspecified atom stereocenters. The Morgan fingerprint density at radius 2 is 1.90 bits per heavy atom. The standard InChI is InChI=1S/C25H40ClNO2/c1-5-6-7-24(28)27-22-13-11-20(12-14-22)10-8-19(2)9-15-23-16-21(18-26)17-25(3,4)29-23/h6-9,15,20-23H,5,10-14,16-18H2,1-4H3,(H,27,28)/b7-6-,15-9+,19-8+. The van der Waals surface area contributed by atoms with Crippen LogP contribution >= 0.6 is 11.6 Å². The molecule has 164 valence electrons. The highest BCUT2D eigenvalue weighted by molar-refractivity contribution is 6.18. The van der Waals surface area contributed by atoms with Gasteiger partial charge in [0.05, 0.1) is 11.7 Å². The molecule has 1 aliphatic carbocycles. The molecule has 3 nitrogen and oxygen atoms in total. The number of hydrogen-bond donors (Lipinski definition) is 1. The van der Waals surface area contributed by atoms with Crippen molar-refractivity contribution in [3.05, 3.63) is 36.0 Å². The molecule has 0 aromatic carbocycles. The van der Waals surface area contributed by atoms with Crippen LogP contribution in [0.3, 0.4) is 0 Å². The molecule has 1 heterocycles. The zero-order valence-electron chi connectivity index (χ0n) is 18.8. The van der Waals surface area contributed by atoms with Crippen molar-refractivity contribution >= 4 is 17.5 Å². The molecule has 0 spiro atoms. The minimum absolute atomic E-state index is 0.0562. The maximum absolute atomic E-state index is 11.8. The Balaban J connectivity index is 1.74. The fourth-order valence-corrected chi connectivity index (χ4v) is 4.78. The van der Waals surface area contributed by atoms with Gasteiger partial charge in [-0.25, -0.2) is 0 Å². The zero-order chi connectivity index (χ0) is 21.3. The highest BCUT2D eigenvalue weighted by Crippen LogP contribution is 2.34. The molecule has 1 aliphatic heterocycles. The lowest BCUT2D eigenvalue weighted by molar-refractivity contribution is -0.117. The van der Waals surface area contributed by atoms with Crippen molar-refractivity contribution in [1.82, 2.24) is 5.32 Å². The number of nitrogens with one attached hydrogen (secondary N) is 1. The molecular formula is C25H40ClNO2. The lowest BCUT2D eigenvalue weighted by atomic mass is 9.83. The lowest BCUT2D eigenvalue weighted by Gasteiger charge is -2.39. The second-order valence-corrected chi connectivity index (χ2v) is 9.76. The summed E-state index contributed by atoms with van der Waals surface area (Å²) in [5, 5.41) is 3.14. The third-order valence-electron chi connectivity index (χ3n) is 6.08. The largest absolute Gasteiger partial charge is 0.368 e. The molecule has 1 amide bonds. The number of carbonyl (C=O) groups is 1. The van der Waals surface area contributed by atoms with Gasteiger partial charge in [0.2, 0.25) is 5.91 Å². The van der Waals surface area contributed by atoms with Gasteiger partial charge in [-0.3, -0.25) is 4.79 Å². The highest BCUT2D eigenvalue weighted by Gasteiger charge is 2.33. The molecular weight excluding hydrogens is 382 g/mol. The highest BCUT2D eigenvalue weighted by atomic mass is 35.5. The van der Waals surface area contributed by atoms with Crippen molar-refractivity contribution in [3.8, 4) is 0 Å². The van der Waals surface area contributed by atoms with Gasteiger partial charge in [0.1, 0.15) is 0 Å². The van der Waals surface area contributed by atoms with E-state index in [1.165, 1.54) is 18.4 Å². The predicted molar refractivity (Wildman–Crippen MR) is 123 cm³/mol. The van der Waals surface area contributed by atoms with Crippen molar-refractivity contribution in [2.45, 2.75) is 96.8 Å².